The van der Waals surface area contributed by atoms with Gasteiger partial charge in [0.05, 0.1) is 18.6 Å². The van der Waals surface area contributed by atoms with Gasteiger partial charge in [-0.25, -0.2) is 8.42 Å². The summed E-state index contributed by atoms with van der Waals surface area (Å²) in [5.41, 5.74) is 3.23. The first-order valence-electron chi connectivity index (χ1n) is 10.8. The Hall–Kier alpha value is -3.63. The van der Waals surface area contributed by atoms with Gasteiger partial charge in [-0.3, -0.25) is 14.8 Å². The summed E-state index contributed by atoms with van der Waals surface area (Å²) in [7, 11) is -2.24. The van der Waals surface area contributed by atoms with Gasteiger partial charge in [0.1, 0.15) is 11.5 Å². The average Bonchev–Trinajstić information content (AvgIpc) is 2.82. The molecule has 0 unspecified atom stereocenters. The van der Waals surface area contributed by atoms with Crippen molar-refractivity contribution < 1.29 is 22.7 Å². The summed E-state index contributed by atoms with van der Waals surface area (Å²) in [6.07, 6.45) is 0. The summed E-state index contributed by atoms with van der Waals surface area (Å²) < 4.78 is 38.6. The highest BCUT2D eigenvalue weighted by Crippen LogP contribution is 2.23. The zero-order valence-corrected chi connectivity index (χ0v) is 21.5. The molecule has 3 N–H and O–H groups in total. The van der Waals surface area contributed by atoms with Gasteiger partial charge in [-0.05, 0) is 105 Å². The molecule has 35 heavy (non-hydrogen) atoms. The Morgan fingerprint density at radius 3 is 2.20 bits per heavy atom. The molecule has 10 heteroatoms. The number of sulfonamides is 1. The molecule has 1 amide bonds. The van der Waals surface area contributed by atoms with Crippen LogP contribution < -0.4 is 24.8 Å². The Kier molecular flexibility index (Phi) is 8.31. The second-order valence-electron chi connectivity index (χ2n) is 7.62. The number of hydrogen-bond donors (Lipinski definition) is 3. The fourth-order valence-electron chi connectivity index (χ4n) is 3.23. The molecule has 0 saturated heterocycles. The number of thiocarbonyl (C=S) groups is 1. The highest BCUT2D eigenvalue weighted by molar-refractivity contribution is 7.92. The second-order valence-corrected chi connectivity index (χ2v) is 9.71. The standard InChI is InChI=1S/C25H27N3O5S2/c1-5-33-21-10-6-20(7-11-21)28-35(30,31)22-12-8-19(9-13-22)26-25(34)27-24(29)18-14-16(2)17(3)23(15-18)32-4/h6-15,28H,5H2,1-4H3,(H2,26,27,29,34). The number of hydrogen-bond acceptors (Lipinski definition) is 6. The molecular formula is C25H27N3O5S2. The summed E-state index contributed by atoms with van der Waals surface area (Å²) >= 11 is 5.24. The van der Waals surface area contributed by atoms with E-state index < -0.39 is 10.0 Å². The van der Waals surface area contributed by atoms with Crippen LogP contribution in [-0.2, 0) is 10.0 Å². The third-order valence-electron chi connectivity index (χ3n) is 5.17. The van der Waals surface area contributed by atoms with Crippen molar-refractivity contribution in [1.29, 1.82) is 0 Å². The lowest BCUT2D eigenvalue weighted by molar-refractivity contribution is 0.0977. The minimum absolute atomic E-state index is 0.0779. The van der Waals surface area contributed by atoms with Crippen LogP contribution in [0.4, 0.5) is 11.4 Å². The molecule has 0 aliphatic heterocycles. The lowest BCUT2D eigenvalue weighted by Gasteiger charge is -2.13. The van der Waals surface area contributed by atoms with Gasteiger partial charge in [0.25, 0.3) is 15.9 Å². The van der Waals surface area contributed by atoms with E-state index in [1.54, 1.807) is 55.6 Å². The Balaban J connectivity index is 1.62. The number of benzene rings is 3. The predicted octanol–water partition coefficient (Wildman–Crippen LogP) is 4.64. The van der Waals surface area contributed by atoms with Crippen LogP contribution in [0.1, 0.15) is 28.4 Å². The number of anilines is 2. The van der Waals surface area contributed by atoms with E-state index in [1.165, 1.54) is 12.1 Å². The third kappa shape index (κ3) is 6.71. The average molecular weight is 514 g/mol. The lowest BCUT2D eigenvalue weighted by Crippen LogP contribution is -2.34. The van der Waals surface area contributed by atoms with E-state index in [-0.39, 0.29) is 15.9 Å². The fourth-order valence-corrected chi connectivity index (χ4v) is 4.49. The molecule has 0 bridgehead atoms. The molecule has 8 nitrogen and oxygen atoms in total. The zero-order chi connectivity index (χ0) is 25.6. The lowest BCUT2D eigenvalue weighted by atomic mass is 10.0. The van der Waals surface area contributed by atoms with Gasteiger partial charge in [-0.2, -0.15) is 0 Å². The molecule has 3 aromatic rings. The smallest absolute Gasteiger partial charge is 0.261 e. The van der Waals surface area contributed by atoms with Crippen LogP contribution in [0.5, 0.6) is 11.5 Å². The van der Waals surface area contributed by atoms with Gasteiger partial charge < -0.3 is 14.8 Å². The van der Waals surface area contributed by atoms with Gasteiger partial charge in [0.15, 0.2) is 5.11 Å². The second kappa shape index (κ2) is 11.2. The van der Waals surface area contributed by atoms with Crippen LogP contribution in [0, 0.1) is 13.8 Å². The van der Waals surface area contributed by atoms with Crippen molar-refractivity contribution in [2.45, 2.75) is 25.7 Å². The molecule has 0 atom stereocenters. The highest BCUT2D eigenvalue weighted by Gasteiger charge is 2.15. The Morgan fingerprint density at radius 1 is 0.971 bits per heavy atom. The summed E-state index contributed by atoms with van der Waals surface area (Å²) in [6.45, 7) is 6.21. The molecule has 0 aromatic heterocycles. The molecule has 0 spiro atoms. The Morgan fingerprint density at radius 2 is 1.60 bits per heavy atom. The number of ether oxygens (including phenoxy) is 2. The van der Waals surface area contributed by atoms with Crippen LogP contribution in [-0.4, -0.2) is 33.2 Å². The molecule has 184 valence electrons. The number of aryl methyl sites for hydroxylation is 1. The van der Waals surface area contributed by atoms with E-state index in [0.717, 1.165) is 11.1 Å². The van der Waals surface area contributed by atoms with Gasteiger partial charge in [-0.1, -0.05) is 0 Å². The van der Waals surface area contributed by atoms with E-state index in [2.05, 4.69) is 15.4 Å². The van der Waals surface area contributed by atoms with Crippen LogP contribution in [0.15, 0.2) is 65.6 Å². The summed E-state index contributed by atoms with van der Waals surface area (Å²) in [6, 6.07) is 16.1. The minimum Gasteiger partial charge on any atom is -0.496 e. The Labute approximate surface area is 210 Å². The van der Waals surface area contributed by atoms with E-state index >= 15 is 0 Å². The van der Waals surface area contributed by atoms with Crippen molar-refractivity contribution in [2.24, 2.45) is 0 Å². The summed E-state index contributed by atoms with van der Waals surface area (Å²) in [4.78, 5) is 12.7. The van der Waals surface area contributed by atoms with Crippen LogP contribution in [0.2, 0.25) is 0 Å². The van der Waals surface area contributed by atoms with Crippen molar-refractivity contribution in [3.63, 3.8) is 0 Å². The SMILES string of the molecule is CCOc1ccc(NS(=O)(=O)c2ccc(NC(=S)NC(=O)c3cc(C)c(C)c(OC)c3)cc2)cc1. The van der Waals surface area contributed by atoms with Crippen molar-refractivity contribution >= 4 is 44.6 Å². The molecular weight excluding hydrogens is 486 g/mol. The Bertz CT molecular complexity index is 1320. The van der Waals surface area contributed by atoms with Crippen molar-refractivity contribution in [2.75, 3.05) is 23.8 Å². The van der Waals surface area contributed by atoms with Gasteiger partial charge in [0.2, 0.25) is 0 Å². The van der Waals surface area contributed by atoms with Crippen LogP contribution >= 0.6 is 12.2 Å². The first-order valence-corrected chi connectivity index (χ1v) is 12.7. The van der Waals surface area contributed by atoms with E-state index in [1.807, 2.05) is 20.8 Å². The van der Waals surface area contributed by atoms with Crippen molar-refractivity contribution in [3.8, 4) is 11.5 Å². The van der Waals surface area contributed by atoms with E-state index in [0.29, 0.717) is 35.0 Å². The molecule has 0 aliphatic carbocycles. The number of carbonyl (C=O) groups excluding carboxylic acids is 1. The van der Waals surface area contributed by atoms with Gasteiger partial charge in [0, 0.05) is 16.9 Å². The highest BCUT2D eigenvalue weighted by atomic mass is 32.2. The molecule has 0 aliphatic rings. The molecule has 0 fully saturated rings. The van der Waals surface area contributed by atoms with Gasteiger partial charge in [-0.15, -0.1) is 0 Å². The fraction of sp³-hybridized carbons (Fsp3) is 0.200. The number of nitrogens with one attached hydrogen (secondary N) is 3. The maximum Gasteiger partial charge on any atom is 0.261 e. The van der Waals surface area contributed by atoms with Gasteiger partial charge >= 0.3 is 0 Å². The number of rotatable bonds is 8. The largest absolute Gasteiger partial charge is 0.496 e. The number of carbonyl (C=O) groups is 1. The van der Waals surface area contributed by atoms with Crippen molar-refractivity contribution in [3.05, 3.63) is 77.4 Å². The molecule has 0 radical (unpaired) electrons. The topological polar surface area (TPSA) is 106 Å². The molecule has 0 saturated carbocycles. The predicted molar refractivity (Wildman–Crippen MR) is 141 cm³/mol. The maximum absolute atomic E-state index is 12.7. The maximum atomic E-state index is 12.7. The van der Waals surface area contributed by atoms with E-state index in [9.17, 15) is 13.2 Å². The number of amides is 1. The quantitative estimate of drug-likeness (QED) is 0.377. The normalized spacial score (nSPS) is 10.9. The van der Waals surface area contributed by atoms with Crippen LogP contribution in [0.25, 0.3) is 0 Å². The summed E-state index contributed by atoms with van der Waals surface area (Å²) in [5, 5.41) is 5.58. The minimum atomic E-state index is -3.79. The van der Waals surface area contributed by atoms with Crippen molar-refractivity contribution in [1.82, 2.24) is 5.32 Å². The third-order valence-corrected chi connectivity index (χ3v) is 6.77. The first-order chi connectivity index (χ1) is 16.6. The molecule has 3 aromatic carbocycles. The monoisotopic (exact) mass is 513 g/mol. The van der Waals surface area contributed by atoms with Crippen LogP contribution in [0.3, 0.4) is 0 Å². The first kappa shape index (κ1) is 26.0. The zero-order valence-electron chi connectivity index (χ0n) is 19.8. The molecule has 0 heterocycles. The number of methoxy groups -OCH3 is 1. The molecule has 3 rings (SSSR count). The summed E-state index contributed by atoms with van der Waals surface area (Å²) in [5.74, 6) is 0.887. The van der Waals surface area contributed by atoms with E-state index in [4.69, 9.17) is 21.7 Å².